The Hall–Kier alpha value is -5.43. The van der Waals surface area contributed by atoms with Gasteiger partial charge in [0.1, 0.15) is 41.7 Å². The number of fused-ring (bicyclic) bond motifs is 1. The van der Waals surface area contributed by atoms with E-state index in [1.165, 1.54) is 6.33 Å². The van der Waals surface area contributed by atoms with Crippen molar-refractivity contribution in [3.8, 4) is 34.6 Å². The van der Waals surface area contributed by atoms with Crippen molar-refractivity contribution in [2.75, 3.05) is 18.8 Å². The van der Waals surface area contributed by atoms with E-state index in [2.05, 4.69) is 16.0 Å². The number of carbonyl (C=O) groups is 1. The van der Waals surface area contributed by atoms with Crippen molar-refractivity contribution in [1.29, 1.82) is 5.26 Å². The normalized spacial score (nSPS) is 14.9. The molecule has 1 aliphatic rings. The van der Waals surface area contributed by atoms with Crippen LogP contribution in [0.4, 0.5) is 5.82 Å². The molecule has 2 aromatic heterocycles. The fraction of sp³-hybridized carbons (Fsp3) is 0.219. The summed E-state index contributed by atoms with van der Waals surface area (Å²) in [7, 11) is 0. The van der Waals surface area contributed by atoms with Gasteiger partial charge >= 0.3 is 0 Å². The van der Waals surface area contributed by atoms with E-state index in [4.69, 9.17) is 20.3 Å². The lowest BCUT2D eigenvalue weighted by Crippen LogP contribution is -2.39. The predicted octanol–water partition coefficient (Wildman–Crippen LogP) is 5.50. The van der Waals surface area contributed by atoms with Crippen LogP contribution in [0.25, 0.3) is 22.3 Å². The van der Waals surface area contributed by atoms with Gasteiger partial charge in [0, 0.05) is 37.2 Å². The summed E-state index contributed by atoms with van der Waals surface area (Å²) in [5.41, 5.74) is 9.91. The number of piperidine rings is 1. The maximum atomic E-state index is 12.0. The number of hydrogen-bond acceptors (Lipinski definition) is 8. The molecule has 1 aliphatic heterocycles. The highest BCUT2D eigenvalue weighted by Gasteiger charge is 2.27. The Kier molecular flexibility index (Phi) is 7.39. The molecule has 5 aromatic rings. The van der Waals surface area contributed by atoms with Crippen LogP contribution < -0.4 is 15.2 Å². The second kappa shape index (κ2) is 11.6. The van der Waals surface area contributed by atoms with Crippen molar-refractivity contribution in [1.82, 2.24) is 24.6 Å². The summed E-state index contributed by atoms with van der Waals surface area (Å²) in [4.78, 5) is 22.6. The van der Waals surface area contributed by atoms with Gasteiger partial charge in [0.2, 0.25) is 5.91 Å². The molecule has 1 saturated heterocycles. The smallest absolute Gasteiger partial charge is 0.219 e. The number of rotatable bonds is 7. The second-order valence-corrected chi connectivity index (χ2v) is 10.2. The molecule has 0 saturated carbocycles. The number of carbonyl (C=O) groups excluding carboxylic acids is 1. The zero-order valence-corrected chi connectivity index (χ0v) is 23.1. The highest BCUT2D eigenvalue weighted by Crippen LogP contribution is 2.35. The van der Waals surface area contributed by atoms with Crippen LogP contribution in [-0.4, -0.2) is 43.6 Å². The molecule has 210 valence electrons. The van der Waals surface area contributed by atoms with Gasteiger partial charge in [-0.25, -0.2) is 14.6 Å². The fourth-order valence-corrected chi connectivity index (χ4v) is 5.25. The molecule has 0 aliphatic carbocycles. The summed E-state index contributed by atoms with van der Waals surface area (Å²) >= 11 is 0. The highest BCUT2D eigenvalue weighted by atomic mass is 16.5. The van der Waals surface area contributed by atoms with Crippen LogP contribution in [0, 0.1) is 11.3 Å². The molecule has 1 atom stereocenters. The minimum atomic E-state index is -0.00122. The van der Waals surface area contributed by atoms with Crippen molar-refractivity contribution >= 4 is 22.8 Å². The molecule has 0 radical (unpaired) electrons. The van der Waals surface area contributed by atoms with Crippen LogP contribution in [0.3, 0.4) is 0 Å². The number of anilines is 1. The highest BCUT2D eigenvalue weighted by molar-refractivity contribution is 5.98. The number of benzene rings is 3. The zero-order valence-electron chi connectivity index (χ0n) is 23.1. The molecule has 3 aromatic carbocycles. The zero-order chi connectivity index (χ0) is 29.1. The monoisotopic (exact) mass is 559 g/mol. The Bertz CT molecular complexity index is 1790. The van der Waals surface area contributed by atoms with E-state index in [-0.39, 0.29) is 18.6 Å². The molecule has 0 bridgehead atoms. The Labute approximate surface area is 242 Å². The molecule has 6 rings (SSSR count). The summed E-state index contributed by atoms with van der Waals surface area (Å²) in [5.74, 6) is 2.31. The third kappa shape index (κ3) is 5.45. The lowest BCUT2D eigenvalue weighted by atomic mass is 10.1. The average molecular weight is 560 g/mol. The van der Waals surface area contributed by atoms with Crippen molar-refractivity contribution in [2.24, 2.45) is 0 Å². The van der Waals surface area contributed by atoms with E-state index >= 15 is 0 Å². The van der Waals surface area contributed by atoms with Gasteiger partial charge < -0.3 is 20.1 Å². The van der Waals surface area contributed by atoms with Crippen molar-refractivity contribution < 1.29 is 14.3 Å². The molecule has 0 unspecified atom stereocenters. The Morgan fingerprint density at radius 2 is 1.86 bits per heavy atom. The van der Waals surface area contributed by atoms with Gasteiger partial charge in [0.25, 0.3) is 0 Å². The molecule has 1 amide bonds. The van der Waals surface area contributed by atoms with Gasteiger partial charge in [-0.1, -0.05) is 24.3 Å². The summed E-state index contributed by atoms with van der Waals surface area (Å²) in [6.07, 6.45) is 3.24. The first kappa shape index (κ1) is 26.8. The summed E-state index contributed by atoms with van der Waals surface area (Å²) in [5, 5.41) is 14.9. The molecule has 10 heteroatoms. The van der Waals surface area contributed by atoms with E-state index in [1.54, 1.807) is 13.0 Å². The number of hydrogen-bond donors (Lipinski definition) is 1. The first-order valence-electron chi connectivity index (χ1n) is 13.7. The summed E-state index contributed by atoms with van der Waals surface area (Å²) < 4.78 is 13.9. The van der Waals surface area contributed by atoms with Gasteiger partial charge in [-0.2, -0.15) is 10.4 Å². The Morgan fingerprint density at radius 1 is 1.05 bits per heavy atom. The van der Waals surface area contributed by atoms with Crippen LogP contribution in [0.2, 0.25) is 0 Å². The molecule has 1 fully saturated rings. The third-order valence-electron chi connectivity index (χ3n) is 7.41. The predicted molar refractivity (Wildman–Crippen MR) is 158 cm³/mol. The number of likely N-dealkylation sites (tertiary alicyclic amines) is 1. The molecule has 3 heterocycles. The van der Waals surface area contributed by atoms with Crippen molar-refractivity contribution in [2.45, 2.75) is 32.4 Å². The standard InChI is InChI=1S/C32H29N7O3/c1-21(40)38-15-5-8-25(18-38)39-32-29(31(34)35-20-36-32)30(37-39)22-11-13-26(14-12-22)42-28-10-4-9-27(16-28)41-19-24-7-3-2-6-23(24)17-33/h2-4,6-7,9-14,16,20,25H,5,8,15,18-19H2,1H3,(H2,34,35,36)/t25-/m1/s1. The quantitative estimate of drug-likeness (QED) is 0.276. The molecular formula is C32H29N7O3. The average Bonchev–Trinajstić information content (AvgIpc) is 3.42. The largest absolute Gasteiger partial charge is 0.489 e. The molecular weight excluding hydrogens is 530 g/mol. The van der Waals surface area contributed by atoms with E-state index < -0.39 is 0 Å². The maximum absolute atomic E-state index is 12.0. The third-order valence-corrected chi connectivity index (χ3v) is 7.41. The van der Waals surface area contributed by atoms with Crippen LogP contribution >= 0.6 is 0 Å². The summed E-state index contributed by atoms with van der Waals surface area (Å²) in [6, 6.07) is 24.5. The topological polar surface area (TPSA) is 132 Å². The van der Waals surface area contributed by atoms with Crippen LogP contribution in [0.5, 0.6) is 17.2 Å². The van der Waals surface area contributed by atoms with Crippen LogP contribution in [0.15, 0.2) is 79.1 Å². The minimum Gasteiger partial charge on any atom is -0.489 e. The number of aromatic nitrogens is 4. The minimum absolute atomic E-state index is 0.00122. The Morgan fingerprint density at radius 3 is 2.67 bits per heavy atom. The van der Waals surface area contributed by atoms with Gasteiger partial charge in [0.05, 0.1) is 23.1 Å². The molecule has 42 heavy (non-hydrogen) atoms. The number of nitriles is 1. The Balaban J connectivity index is 1.21. The van der Waals surface area contributed by atoms with Gasteiger partial charge in [-0.05, 0) is 55.3 Å². The number of nitrogens with two attached hydrogens (primary N) is 1. The fourth-order valence-electron chi connectivity index (χ4n) is 5.25. The molecule has 10 nitrogen and oxygen atoms in total. The first-order chi connectivity index (χ1) is 20.5. The van der Waals surface area contributed by atoms with Gasteiger partial charge in [0.15, 0.2) is 5.65 Å². The number of ether oxygens (including phenoxy) is 2. The van der Waals surface area contributed by atoms with Gasteiger partial charge in [-0.3, -0.25) is 4.79 Å². The maximum Gasteiger partial charge on any atom is 0.219 e. The SMILES string of the molecule is CC(=O)N1CCC[C@@H](n2nc(-c3ccc(Oc4cccc(OCc5ccccc5C#N)c4)cc3)c3c(N)ncnc32)C1. The number of nitrogens with zero attached hydrogens (tertiary/aromatic N) is 6. The van der Waals surface area contributed by atoms with E-state index in [1.807, 2.05) is 76.3 Å². The lowest BCUT2D eigenvalue weighted by Gasteiger charge is -2.32. The van der Waals surface area contributed by atoms with Crippen LogP contribution in [0.1, 0.15) is 36.9 Å². The lowest BCUT2D eigenvalue weighted by molar-refractivity contribution is -0.130. The van der Waals surface area contributed by atoms with Gasteiger partial charge in [-0.15, -0.1) is 0 Å². The van der Waals surface area contributed by atoms with E-state index in [0.717, 1.165) is 30.5 Å². The van der Waals surface area contributed by atoms with Crippen molar-refractivity contribution in [3.63, 3.8) is 0 Å². The molecule has 2 N–H and O–H groups in total. The van der Waals surface area contributed by atoms with Crippen LogP contribution in [-0.2, 0) is 11.4 Å². The summed E-state index contributed by atoms with van der Waals surface area (Å²) in [6.45, 7) is 3.21. The first-order valence-corrected chi connectivity index (χ1v) is 13.7. The second-order valence-electron chi connectivity index (χ2n) is 10.2. The molecule has 0 spiro atoms. The van der Waals surface area contributed by atoms with E-state index in [0.29, 0.717) is 51.9 Å². The number of amides is 1. The number of nitrogen functional groups attached to an aromatic ring is 1. The van der Waals surface area contributed by atoms with E-state index in [9.17, 15) is 10.1 Å². The van der Waals surface area contributed by atoms with Crippen molar-refractivity contribution in [3.05, 3.63) is 90.3 Å².